The minimum absolute atomic E-state index is 0.619. The molecule has 0 aliphatic carbocycles. The van der Waals surface area contributed by atoms with E-state index in [9.17, 15) is 0 Å². The van der Waals surface area contributed by atoms with Gasteiger partial charge in [-0.3, -0.25) is 4.98 Å². The predicted molar refractivity (Wildman–Crippen MR) is 217 cm³/mol. The Kier molecular flexibility index (Phi) is 6.48. The highest BCUT2D eigenvalue weighted by atomic mass is 16.3. The average molecular weight is 677 g/mol. The zero-order chi connectivity index (χ0) is 34.9. The average Bonchev–Trinajstić information content (AvgIpc) is 3.61. The van der Waals surface area contributed by atoms with Crippen LogP contribution in [0.4, 0.5) is 0 Å². The Balaban J connectivity index is 1.14. The zero-order valence-corrected chi connectivity index (χ0v) is 28.4. The quantitative estimate of drug-likeness (QED) is 0.186. The first-order valence-corrected chi connectivity index (χ1v) is 17.7. The summed E-state index contributed by atoms with van der Waals surface area (Å²) in [6, 6.07) is 54.8. The molecule has 53 heavy (non-hydrogen) atoms. The molecule has 0 aliphatic heterocycles. The van der Waals surface area contributed by atoms with E-state index in [1.165, 1.54) is 10.8 Å². The molecule has 0 spiro atoms. The van der Waals surface area contributed by atoms with Crippen LogP contribution in [0, 0.1) is 0 Å². The molecule has 11 aromatic rings. The fourth-order valence-electron chi connectivity index (χ4n) is 7.84. The third-order valence-electron chi connectivity index (χ3n) is 10.4. The molecule has 0 unspecified atom stereocenters. The lowest BCUT2D eigenvalue weighted by Gasteiger charge is -2.15. The van der Waals surface area contributed by atoms with Gasteiger partial charge < -0.3 is 4.42 Å². The van der Waals surface area contributed by atoms with Crippen LogP contribution >= 0.6 is 0 Å². The van der Waals surface area contributed by atoms with Gasteiger partial charge in [-0.25, -0.2) is 15.0 Å². The monoisotopic (exact) mass is 676 g/mol. The summed E-state index contributed by atoms with van der Waals surface area (Å²) in [5.74, 6) is 1.88. The standard InChI is InChI=1S/C48H28N4O/c1-3-11-31-25-33(19-17-29(31)9-1)46-50-47(34-20-18-30-10-2-4-12-32(30)26-34)52-48(51-46)39-22-21-37(35-13-5-6-14-36(35)39)41-27-44-45(38-23-24-49-28-42(38)41)40-15-7-8-16-43(40)53-44/h1-28H. The van der Waals surface area contributed by atoms with Crippen molar-refractivity contribution in [3.8, 4) is 45.3 Å². The highest BCUT2D eigenvalue weighted by molar-refractivity contribution is 6.23. The molecule has 0 amide bonds. The summed E-state index contributed by atoms with van der Waals surface area (Å²) in [6.07, 6.45) is 3.82. The largest absolute Gasteiger partial charge is 0.456 e. The normalized spacial score (nSPS) is 11.8. The van der Waals surface area contributed by atoms with Crippen LogP contribution in [0.2, 0.25) is 0 Å². The molecule has 8 aromatic carbocycles. The number of para-hydroxylation sites is 1. The van der Waals surface area contributed by atoms with Gasteiger partial charge in [0.2, 0.25) is 0 Å². The Morgan fingerprint density at radius 1 is 0.358 bits per heavy atom. The van der Waals surface area contributed by atoms with Crippen molar-refractivity contribution in [2.75, 3.05) is 0 Å². The SMILES string of the molecule is c1ccc2cc(-c3nc(-c4ccc5ccccc5c4)nc(-c4ccc(-c5cc6oc7ccccc7c6c6ccncc56)c5ccccc45)n3)ccc2c1. The van der Waals surface area contributed by atoms with Crippen molar-refractivity contribution in [1.29, 1.82) is 0 Å². The number of fused-ring (bicyclic) bond motifs is 8. The molecule has 5 heteroatoms. The highest BCUT2D eigenvalue weighted by Gasteiger charge is 2.20. The molecule has 246 valence electrons. The summed E-state index contributed by atoms with van der Waals surface area (Å²) in [7, 11) is 0. The van der Waals surface area contributed by atoms with Gasteiger partial charge in [-0.2, -0.15) is 0 Å². The van der Waals surface area contributed by atoms with E-state index in [1.54, 1.807) is 0 Å². The molecule has 0 saturated heterocycles. The van der Waals surface area contributed by atoms with E-state index in [0.717, 1.165) is 82.1 Å². The van der Waals surface area contributed by atoms with Gasteiger partial charge in [-0.05, 0) is 85.2 Å². The third kappa shape index (κ3) is 4.79. The van der Waals surface area contributed by atoms with Crippen LogP contribution in [0.15, 0.2) is 175 Å². The molecule has 0 saturated carbocycles. The van der Waals surface area contributed by atoms with E-state index >= 15 is 0 Å². The second-order valence-electron chi connectivity index (χ2n) is 13.5. The number of aromatic nitrogens is 4. The van der Waals surface area contributed by atoms with Gasteiger partial charge in [-0.15, -0.1) is 0 Å². The number of nitrogens with zero attached hydrogens (tertiary/aromatic N) is 4. The van der Waals surface area contributed by atoms with Crippen LogP contribution < -0.4 is 0 Å². The molecule has 0 aliphatic rings. The first-order chi connectivity index (χ1) is 26.2. The molecule has 5 nitrogen and oxygen atoms in total. The maximum absolute atomic E-state index is 6.44. The Morgan fingerprint density at radius 3 is 1.62 bits per heavy atom. The van der Waals surface area contributed by atoms with Gasteiger partial charge in [0, 0.05) is 45.2 Å². The van der Waals surface area contributed by atoms with Gasteiger partial charge in [0.05, 0.1) is 0 Å². The predicted octanol–water partition coefficient (Wildman–Crippen LogP) is 12.4. The van der Waals surface area contributed by atoms with Gasteiger partial charge in [0.25, 0.3) is 0 Å². The van der Waals surface area contributed by atoms with Gasteiger partial charge in [-0.1, -0.05) is 121 Å². The van der Waals surface area contributed by atoms with Crippen LogP contribution in [0.25, 0.3) is 110 Å². The second-order valence-corrected chi connectivity index (χ2v) is 13.5. The zero-order valence-electron chi connectivity index (χ0n) is 28.4. The number of benzene rings is 8. The first-order valence-electron chi connectivity index (χ1n) is 17.7. The molecule has 0 bridgehead atoms. The fraction of sp³-hybridized carbons (Fsp3) is 0. The molecule has 11 rings (SSSR count). The molecular formula is C48H28N4O. The van der Waals surface area contributed by atoms with Crippen molar-refractivity contribution in [2.45, 2.75) is 0 Å². The minimum atomic E-state index is 0.619. The summed E-state index contributed by atoms with van der Waals surface area (Å²) in [6.45, 7) is 0. The number of hydrogen-bond acceptors (Lipinski definition) is 5. The summed E-state index contributed by atoms with van der Waals surface area (Å²) >= 11 is 0. The summed E-state index contributed by atoms with van der Waals surface area (Å²) in [5, 5.41) is 11.1. The molecule has 3 heterocycles. The van der Waals surface area contributed by atoms with E-state index in [4.69, 9.17) is 19.4 Å². The van der Waals surface area contributed by atoms with Crippen molar-refractivity contribution in [3.63, 3.8) is 0 Å². The molecule has 3 aromatic heterocycles. The first kappa shape index (κ1) is 29.5. The van der Waals surface area contributed by atoms with Crippen molar-refractivity contribution in [1.82, 2.24) is 19.9 Å². The van der Waals surface area contributed by atoms with E-state index in [1.807, 2.05) is 24.5 Å². The number of pyridine rings is 1. The maximum Gasteiger partial charge on any atom is 0.164 e. The Bertz CT molecular complexity index is 3160. The molecule has 0 N–H and O–H groups in total. The Morgan fingerprint density at radius 2 is 0.925 bits per heavy atom. The Hall–Kier alpha value is -7.24. The lowest BCUT2D eigenvalue weighted by Crippen LogP contribution is -2.01. The lowest BCUT2D eigenvalue weighted by atomic mass is 9.91. The summed E-state index contributed by atoms with van der Waals surface area (Å²) < 4.78 is 6.44. The lowest BCUT2D eigenvalue weighted by molar-refractivity contribution is 0.669. The van der Waals surface area contributed by atoms with E-state index in [2.05, 4.69) is 151 Å². The molecule has 0 radical (unpaired) electrons. The third-order valence-corrected chi connectivity index (χ3v) is 10.4. The summed E-state index contributed by atoms with van der Waals surface area (Å²) in [4.78, 5) is 20.1. The maximum atomic E-state index is 6.44. The highest BCUT2D eigenvalue weighted by Crippen LogP contribution is 2.43. The van der Waals surface area contributed by atoms with Crippen molar-refractivity contribution >= 4 is 65.0 Å². The van der Waals surface area contributed by atoms with Crippen LogP contribution in [0.1, 0.15) is 0 Å². The van der Waals surface area contributed by atoms with Crippen LogP contribution in [-0.2, 0) is 0 Å². The van der Waals surface area contributed by atoms with Crippen LogP contribution in [0.3, 0.4) is 0 Å². The van der Waals surface area contributed by atoms with Crippen molar-refractivity contribution in [3.05, 3.63) is 170 Å². The molecular weight excluding hydrogens is 649 g/mol. The topological polar surface area (TPSA) is 64.7 Å². The summed E-state index contributed by atoms with van der Waals surface area (Å²) in [5.41, 5.74) is 6.68. The van der Waals surface area contributed by atoms with Gasteiger partial charge in [0.15, 0.2) is 17.5 Å². The van der Waals surface area contributed by atoms with Crippen molar-refractivity contribution in [2.24, 2.45) is 0 Å². The van der Waals surface area contributed by atoms with E-state index in [0.29, 0.717) is 17.5 Å². The van der Waals surface area contributed by atoms with Crippen LogP contribution in [0.5, 0.6) is 0 Å². The smallest absolute Gasteiger partial charge is 0.164 e. The van der Waals surface area contributed by atoms with Gasteiger partial charge >= 0.3 is 0 Å². The van der Waals surface area contributed by atoms with Crippen LogP contribution in [-0.4, -0.2) is 19.9 Å². The molecule has 0 fully saturated rings. The Labute approximate surface area is 303 Å². The molecule has 0 atom stereocenters. The van der Waals surface area contributed by atoms with E-state index in [-0.39, 0.29) is 0 Å². The fourth-order valence-corrected chi connectivity index (χ4v) is 7.84. The second kappa shape index (κ2) is 11.7. The van der Waals surface area contributed by atoms with Gasteiger partial charge in [0.1, 0.15) is 11.2 Å². The number of furan rings is 1. The minimum Gasteiger partial charge on any atom is -0.456 e. The number of rotatable bonds is 4. The van der Waals surface area contributed by atoms with E-state index < -0.39 is 0 Å². The number of hydrogen-bond donors (Lipinski definition) is 0. The van der Waals surface area contributed by atoms with Crippen molar-refractivity contribution < 1.29 is 4.42 Å².